The Bertz CT molecular complexity index is 1750. The van der Waals surface area contributed by atoms with Crippen LogP contribution >= 0.6 is 11.3 Å². The van der Waals surface area contributed by atoms with Gasteiger partial charge in [0.2, 0.25) is 10.0 Å². The number of benzene rings is 2. The molecule has 11 nitrogen and oxygen atoms in total. The molecule has 1 amide bonds. The number of rotatable bonds is 13. The fourth-order valence-electron chi connectivity index (χ4n) is 6.97. The van der Waals surface area contributed by atoms with Gasteiger partial charge in [-0.3, -0.25) is 0 Å². The maximum atomic E-state index is 14.2. The van der Waals surface area contributed by atoms with Crippen molar-refractivity contribution in [2.75, 3.05) is 25.0 Å². The summed E-state index contributed by atoms with van der Waals surface area (Å²) in [5.41, 5.74) is 0.856. The van der Waals surface area contributed by atoms with Crippen molar-refractivity contribution in [3.05, 3.63) is 53.6 Å². The number of sulfonamides is 1. The molecule has 2 saturated heterocycles. The van der Waals surface area contributed by atoms with Gasteiger partial charge in [-0.25, -0.2) is 27.0 Å². The van der Waals surface area contributed by atoms with Crippen LogP contribution in [0, 0.1) is 29.4 Å². The van der Waals surface area contributed by atoms with Crippen LogP contribution in [0.15, 0.2) is 41.3 Å². The number of hydrogen-bond acceptors (Lipinski definition) is 10. The van der Waals surface area contributed by atoms with Crippen molar-refractivity contribution in [1.29, 1.82) is 0 Å². The van der Waals surface area contributed by atoms with E-state index in [9.17, 15) is 27.1 Å². The largest absolute Gasteiger partial charge is 0.443 e. The van der Waals surface area contributed by atoms with Gasteiger partial charge in [0.1, 0.15) is 17.7 Å². The summed E-state index contributed by atoms with van der Waals surface area (Å²) < 4.78 is 75.8. The first-order valence-electron chi connectivity index (χ1n) is 16.5. The van der Waals surface area contributed by atoms with E-state index < -0.39 is 52.5 Å². The van der Waals surface area contributed by atoms with Gasteiger partial charge in [-0.15, -0.1) is 0 Å². The number of nitrogens with zero attached hydrogens (tertiary/aromatic N) is 2. The second kappa shape index (κ2) is 13.4. The van der Waals surface area contributed by atoms with E-state index in [-0.39, 0.29) is 53.6 Å². The summed E-state index contributed by atoms with van der Waals surface area (Å²) in [6, 6.07) is 6.95. The van der Waals surface area contributed by atoms with Gasteiger partial charge in [-0.1, -0.05) is 25.2 Å². The Labute approximate surface area is 282 Å². The van der Waals surface area contributed by atoms with Gasteiger partial charge in [0.05, 0.1) is 40.0 Å². The summed E-state index contributed by atoms with van der Waals surface area (Å²) in [6.07, 6.45) is -0.171. The molecule has 2 bridgehead atoms. The third kappa shape index (κ3) is 7.31. The Morgan fingerprint density at radius 1 is 1.15 bits per heavy atom. The molecule has 3 N–H and O–H groups in total. The topological polar surface area (TPSA) is 139 Å². The summed E-state index contributed by atoms with van der Waals surface area (Å²) in [4.78, 5) is 17.9. The molecule has 48 heavy (non-hydrogen) atoms. The standard InChI is InChI=1S/C33H40F2N4O7S2/c1-17(2)14-39(48(42,43)23-5-6-25-30(12-23)47-32(37-25)36-22-3-4-22)15-27(40)26(9-18-7-20(34)11-21(35)8-18)38-33(41)46-28-10-19-16-44-31-24(19)13-29(28)45-31/h5-8,11-12,17,19,22,24,26-29,31,40H,3-4,9-10,13-16H2,1-2H3,(H,36,37)(H,38,41)/t19-,24-,26+,27-,28?,29?,31?/m1/s1. The molecule has 2 aliphatic heterocycles. The van der Waals surface area contributed by atoms with E-state index in [2.05, 4.69) is 15.6 Å². The fraction of sp³-hybridized carbons (Fsp3) is 0.576. The zero-order valence-electron chi connectivity index (χ0n) is 26.7. The number of alkyl carbamates (subject to hydrolysis) is 1. The Morgan fingerprint density at radius 3 is 2.65 bits per heavy atom. The first kappa shape index (κ1) is 33.5. The number of hydrogen-bond donors (Lipinski definition) is 3. The second-order valence-corrected chi connectivity index (χ2v) is 16.8. The normalized spacial score (nSPS) is 26.3. The quantitative estimate of drug-likeness (QED) is 0.232. The molecule has 260 valence electrons. The van der Waals surface area contributed by atoms with Gasteiger partial charge in [-0.05, 0) is 79.8 Å². The number of fused-ring (bicyclic) bond motifs is 2. The highest BCUT2D eigenvalue weighted by Gasteiger charge is 2.54. The Balaban J connectivity index is 1.10. The molecule has 4 fully saturated rings. The predicted octanol–water partition coefficient (Wildman–Crippen LogP) is 4.64. The number of nitrogens with one attached hydrogen (secondary N) is 2. The second-order valence-electron chi connectivity index (χ2n) is 13.8. The third-order valence-electron chi connectivity index (χ3n) is 9.46. The number of carbonyl (C=O) groups is 1. The maximum absolute atomic E-state index is 14.2. The molecular formula is C33H40F2N4O7S2. The van der Waals surface area contributed by atoms with Crippen molar-refractivity contribution in [3.8, 4) is 0 Å². The number of anilines is 1. The van der Waals surface area contributed by atoms with Gasteiger partial charge in [0.15, 0.2) is 11.4 Å². The number of halogens is 2. The van der Waals surface area contributed by atoms with Crippen molar-refractivity contribution in [1.82, 2.24) is 14.6 Å². The van der Waals surface area contributed by atoms with Crippen LogP contribution in [0.1, 0.15) is 45.1 Å². The van der Waals surface area contributed by atoms with Gasteiger partial charge >= 0.3 is 6.09 Å². The minimum absolute atomic E-state index is 0.0473. The summed E-state index contributed by atoms with van der Waals surface area (Å²) >= 11 is 1.38. The van der Waals surface area contributed by atoms with Crippen molar-refractivity contribution in [2.45, 2.75) is 87.5 Å². The molecule has 1 aromatic heterocycles. The van der Waals surface area contributed by atoms with Crippen LogP contribution in [0.3, 0.4) is 0 Å². The molecule has 3 unspecified atom stereocenters. The minimum Gasteiger partial charge on any atom is -0.443 e. The van der Waals surface area contributed by atoms with E-state index in [4.69, 9.17) is 14.2 Å². The first-order valence-corrected chi connectivity index (χ1v) is 18.7. The Morgan fingerprint density at radius 2 is 1.92 bits per heavy atom. The average Bonchev–Trinajstić information content (AvgIpc) is 3.42. The predicted molar refractivity (Wildman–Crippen MR) is 174 cm³/mol. The lowest BCUT2D eigenvalue weighted by Crippen LogP contribution is -2.52. The van der Waals surface area contributed by atoms with E-state index in [1.165, 1.54) is 21.7 Å². The maximum Gasteiger partial charge on any atom is 0.407 e. The van der Waals surface area contributed by atoms with Gasteiger partial charge in [0.25, 0.3) is 0 Å². The lowest BCUT2D eigenvalue weighted by atomic mass is 9.80. The average molecular weight is 707 g/mol. The summed E-state index contributed by atoms with van der Waals surface area (Å²) in [5, 5.41) is 18.3. The monoisotopic (exact) mass is 706 g/mol. The van der Waals surface area contributed by atoms with E-state index in [1.54, 1.807) is 12.1 Å². The Hall–Kier alpha value is -2.95. The molecule has 7 rings (SSSR count). The van der Waals surface area contributed by atoms with Crippen molar-refractivity contribution in [2.24, 2.45) is 17.8 Å². The van der Waals surface area contributed by atoms with Crippen LogP contribution in [-0.4, -0.2) is 85.3 Å². The molecule has 0 spiro atoms. The number of thiazole rings is 1. The number of aliphatic hydroxyl groups excluding tert-OH is 1. The van der Waals surface area contributed by atoms with E-state index in [1.807, 2.05) is 13.8 Å². The van der Waals surface area contributed by atoms with Crippen molar-refractivity contribution >= 4 is 42.8 Å². The van der Waals surface area contributed by atoms with Gasteiger partial charge < -0.3 is 30.0 Å². The third-order valence-corrected chi connectivity index (χ3v) is 12.2. The van der Waals surface area contributed by atoms with Crippen LogP contribution in [0.5, 0.6) is 0 Å². The number of amides is 1. The molecule has 0 radical (unpaired) electrons. The molecular weight excluding hydrogens is 667 g/mol. The highest BCUT2D eigenvalue weighted by molar-refractivity contribution is 7.89. The molecule has 2 aromatic carbocycles. The number of aliphatic hydroxyl groups is 1. The molecule has 4 aliphatic rings. The van der Waals surface area contributed by atoms with Gasteiger partial charge in [0, 0.05) is 31.1 Å². The molecule has 2 saturated carbocycles. The van der Waals surface area contributed by atoms with Crippen LogP contribution < -0.4 is 10.6 Å². The van der Waals surface area contributed by atoms with Crippen molar-refractivity contribution in [3.63, 3.8) is 0 Å². The smallest absolute Gasteiger partial charge is 0.407 e. The molecule has 15 heteroatoms. The number of aromatic nitrogens is 1. The van der Waals surface area contributed by atoms with Crippen LogP contribution in [0.25, 0.3) is 10.2 Å². The zero-order valence-corrected chi connectivity index (χ0v) is 28.3. The van der Waals surface area contributed by atoms with Crippen LogP contribution in [0.2, 0.25) is 0 Å². The van der Waals surface area contributed by atoms with E-state index >= 15 is 0 Å². The SMILES string of the molecule is CC(C)CN(C[C@@H](O)[C@H](Cc1cc(F)cc(F)c1)NC(=O)OC1C[C@@H]2COC3OC1C[C@@H]32)S(=O)(=O)c1ccc2nc(NC3CC3)sc2c1. The minimum atomic E-state index is -4.13. The van der Waals surface area contributed by atoms with Crippen LogP contribution in [0.4, 0.5) is 18.7 Å². The number of carbonyl (C=O) groups excluding carboxylic acids is 1. The zero-order chi connectivity index (χ0) is 33.7. The fourth-order valence-corrected chi connectivity index (χ4v) is 9.67. The molecule has 3 aromatic rings. The van der Waals surface area contributed by atoms with E-state index in [0.717, 1.165) is 42.6 Å². The highest BCUT2D eigenvalue weighted by Crippen LogP contribution is 2.47. The molecule has 3 heterocycles. The lowest BCUT2D eigenvalue weighted by molar-refractivity contribution is -0.147. The Kier molecular flexibility index (Phi) is 9.36. The summed E-state index contributed by atoms with van der Waals surface area (Å²) in [5.74, 6) is -1.24. The van der Waals surface area contributed by atoms with Gasteiger partial charge in [-0.2, -0.15) is 4.31 Å². The first-order chi connectivity index (χ1) is 22.9. The summed E-state index contributed by atoms with van der Waals surface area (Å²) in [6.45, 7) is 3.93. The van der Waals surface area contributed by atoms with Crippen molar-refractivity contribution < 1.29 is 41.3 Å². The van der Waals surface area contributed by atoms with E-state index in [0.29, 0.717) is 29.3 Å². The summed E-state index contributed by atoms with van der Waals surface area (Å²) in [7, 11) is -4.13. The van der Waals surface area contributed by atoms with Crippen LogP contribution in [-0.2, 0) is 30.7 Å². The molecule has 2 aliphatic carbocycles. The molecule has 7 atom stereocenters. The number of ether oxygens (including phenoxy) is 3. The lowest BCUT2D eigenvalue weighted by Gasteiger charge is -2.33. The highest BCUT2D eigenvalue weighted by atomic mass is 32.2.